The third-order valence-electron chi connectivity index (χ3n) is 4.41. The quantitative estimate of drug-likeness (QED) is 0.528. The molecule has 4 bridgehead atoms. The first-order chi connectivity index (χ1) is 6.65. The van der Waals surface area contributed by atoms with Crippen molar-refractivity contribution in [2.24, 2.45) is 17.8 Å². The fourth-order valence-electron chi connectivity index (χ4n) is 4.49. The van der Waals surface area contributed by atoms with Gasteiger partial charge in [-0.1, -0.05) is 12.2 Å². The van der Waals surface area contributed by atoms with Gasteiger partial charge in [-0.25, -0.2) is 0 Å². The molecule has 0 radical (unpaired) electrons. The number of rotatable bonds is 1. The van der Waals surface area contributed by atoms with Crippen molar-refractivity contribution in [1.29, 1.82) is 0 Å². The minimum atomic E-state index is 0.355. The molecule has 4 rings (SSSR count). The lowest BCUT2D eigenvalue weighted by atomic mass is 9.53. The van der Waals surface area contributed by atoms with Crippen LogP contribution in [-0.4, -0.2) is 9.86 Å². The fraction of sp³-hybridized carbons (Fsp3) is 0.909. The summed E-state index contributed by atoms with van der Waals surface area (Å²) < 4.78 is 0.701. The Morgan fingerprint density at radius 1 is 1.07 bits per heavy atom. The van der Waals surface area contributed by atoms with Gasteiger partial charge in [0.2, 0.25) is 0 Å². The summed E-state index contributed by atoms with van der Waals surface area (Å²) in [5.74, 6) is 2.95. The topological polar surface area (TPSA) is 12.0 Å². The molecule has 4 aliphatic rings. The molecule has 0 heterocycles. The molecule has 0 aliphatic heterocycles. The van der Waals surface area contributed by atoms with Gasteiger partial charge < -0.3 is 5.32 Å². The molecule has 0 aromatic rings. The largest absolute Gasteiger partial charge is 0.366 e. The highest BCUT2D eigenvalue weighted by atomic mass is 32.1. The van der Waals surface area contributed by atoms with Crippen LogP contribution < -0.4 is 5.32 Å². The second-order valence-corrected chi connectivity index (χ2v) is 6.79. The Labute approximate surface area is 96.4 Å². The highest BCUT2D eigenvalue weighted by Crippen LogP contribution is 2.55. The highest BCUT2D eigenvalue weighted by molar-refractivity contribution is 8.11. The van der Waals surface area contributed by atoms with Crippen molar-refractivity contribution >= 4 is 29.2 Å². The zero-order chi connectivity index (χ0) is 9.76. The van der Waals surface area contributed by atoms with Gasteiger partial charge in [-0.2, -0.15) is 0 Å². The molecule has 4 fully saturated rings. The molecule has 0 saturated heterocycles. The Hall–Kier alpha value is 0.240. The summed E-state index contributed by atoms with van der Waals surface area (Å²) in [5.41, 5.74) is 0.355. The van der Waals surface area contributed by atoms with E-state index in [-0.39, 0.29) is 0 Å². The first-order valence-corrected chi connectivity index (χ1v) is 6.52. The van der Waals surface area contributed by atoms with E-state index in [0.29, 0.717) is 9.86 Å². The maximum atomic E-state index is 5.08. The highest BCUT2D eigenvalue weighted by Gasteiger charge is 2.50. The van der Waals surface area contributed by atoms with E-state index in [4.69, 9.17) is 12.2 Å². The Morgan fingerprint density at radius 2 is 1.50 bits per heavy atom. The normalized spacial score (nSPS) is 49.4. The molecule has 4 saturated carbocycles. The van der Waals surface area contributed by atoms with E-state index in [0.717, 1.165) is 17.8 Å². The first-order valence-electron chi connectivity index (χ1n) is 5.66. The average Bonchev–Trinajstić information content (AvgIpc) is 1.96. The molecular weight excluding hydrogens is 210 g/mol. The van der Waals surface area contributed by atoms with Crippen LogP contribution in [0.2, 0.25) is 0 Å². The summed E-state index contributed by atoms with van der Waals surface area (Å²) in [6, 6.07) is 0. The molecule has 14 heavy (non-hydrogen) atoms. The van der Waals surface area contributed by atoms with Crippen LogP contribution in [0, 0.1) is 17.8 Å². The predicted molar refractivity (Wildman–Crippen MR) is 65.6 cm³/mol. The average molecular weight is 227 g/mol. The van der Waals surface area contributed by atoms with Gasteiger partial charge in [-0.05, 0) is 56.3 Å². The van der Waals surface area contributed by atoms with Crippen molar-refractivity contribution in [2.45, 2.75) is 44.1 Å². The second-order valence-electron chi connectivity index (χ2n) is 5.63. The van der Waals surface area contributed by atoms with Crippen LogP contribution in [0.1, 0.15) is 38.5 Å². The van der Waals surface area contributed by atoms with E-state index in [1.54, 1.807) is 0 Å². The second kappa shape index (κ2) is 3.11. The Balaban J connectivity index is 1.83. The number of hydrogen-bond acceptors (Lipinski definition) is 1. The molecule has 0 aromatic carbocycles. The first kappa shape index (κ1) is 9.46. The van der Waals surface area contributed by atoms with E-state index in [1.165, 1.54) is 38.5 Å². The number of thiol groups is 1. The van der Waals surface area contributed by atoms with E-state index < -0.39 is 0 Å². The lowest BCUT2D eigenvalue weighted by Crippen LogP contribution is -2.58. The maximum Gasteiger partial charge on any atom is 0.131 e. The van der Waals surface area contributed by atoms with Gasteiger partial charge >= 0.3 is 0 Å². The standard InChI is InChI=1S/C11H17NS2/c13-10(14)12-11-4-7-1-8(5-11)3-9(2-7)6-11/h7-9H,1-6H2,(H2,12,13,14). The maximum absolute atomic E-state index is 5.08. The molecular formula is C11H17NS2. The number of hydrogen-bond donors (Lipinski definition) is 2. The Morgan fingerprint density at radius 3 is 1.86 bits per heavy atom. The van der Waals surface area contributed by atoms with E-state index in [2.05, 4.69) is 17.9 Å². The summed E-state index contributed by atoms with van der Waals surface area (Å²) in [5, 5.41) is 3.48. The van der Waals surface area contributed by atoms with Gasteiger partial charge in [0.05, 0.1) is 0 Å². The van der Waals surface area contributed by atoms with E-state index >= 15 is 0 Å². The Kier molecular flexibility index (Phi) is 2.11. The molecule has 0 unspecified atom stereocenters. The van der Waals surface area contributed by atoms with Crippen LogP contribution in [0.3, 0.4) is 0 Å². The van der Waals surface area contributed by atoms with Crippen molar-refractivity contribution in [3.05, 3.63) is 0 Å². The van der Waals surface area contributed by atoms with Crippen LogP contribution in [0.15, 0.2) is 0 Å². The molecule has 1 nitrogen and oxygen atoms in total. The molecule has 0 spiro atoms. The third kappa shape index (κ3) is 1.49. The lowest BCUT2D eigenvalue weighted by Gasteiger charge is -2.57. The van der Waals surface area contributed by atoms with Crippen molar-refractivity contribution in [3.8, 4) is 0 Å². The molecule has 3 heteroatoms. The molecule has 78 valence electrons. The fourth-order valence-corrected chi connectivity index (χ4v) is 4.94. The summed E-state index contributed by atoms with van der Waals surface area (Å²) in [6.45, 7) is 0. The number of thiocarbonyl (C=S) groups is 1. The van der Waals surface area contributed by atoms with Crippen molar-refractivity contribution in [2.75, 3.05) is 0 Å². The van der Waals surface area contributed by atoms with Gasteiger partial charge in [-0.15, -0.1) is 12.6 Å². The van der Waals surface area contributed by atoms with Crippen LogP contribution in [0.5, 0.6) is 0 Å². The minimum Gasteiger partial charge on any atom is -0.366 e. The SMILES string of the molecule is S=C(S)NC12CC3CC(CC(C3)C1)C2. The van der Waals surface area contributed by atoms with Gasteiger partial charge in [0.25, 0.3) is 0 Å². The Bertz CT molecular complexity index is 239. The molecule has 0 amide bonds. The van der Waals surface area contributed by atoms with Gasteiger partial charge in [0.1, 0.15) is 4.32 Å². The molecule has 1 N–H and O–H groups in total. The summed E-state index contributed by atoms with van der Waals surface area (Å²) in [6.07, 6.45) is 8.50. The van der Waals surface area contributed by atoms with Gasteiger partial charge in [-0.3, -0.25) is 0 Å². The van der Waals surface area contributed by atoms with Crippen LogP contribution in [0.25, 0.3) is 0 Å². The molecule has 0 aromatic heterocycles. The smallest absolute Gasteiger partial charge is 0.131 e. The summed E-state index contributed by atoms with van der Waals surface area (Å²) in [4.78, 5) is 0. The predicted octanol–water partition coefficient (Wildman–Crippen LogP) is 2.76. The van der Waals surface area contributed by atoms with Crippen molar-refractivity contribution < 1.29 is 0 Å². The van der Waals surface area contributed by atoms with E-state index in [1.807, 2.05) is 0 Å². The number of nitrogens with one attached hydrogen (secondary N) is 1. The van der Waals surface area contributed by atoms with Crippen molar-refractivity contribution in [1.82, 2.24) is 5.32 Å². The van der Waals surface area contributed by atoms with Gasteiger partial charge in [0.15, 0.2) is 0 Å². The molecule has 4 aliphatic carbocycles. The minimum absolute atomic E-state index is 0.355. The monoisotopic (exact) mass is 227 g/mol. The van der Waals surface area contributed by atoms with Crippen LogP contribution in [0.4, 0.5) is 0 Å². The summed E-state index contributed by atoms with van der Waals surface area (Å²) >= 11 is 9.32. The van der Waals surface area contributed by atoms with Crippen LogP contribution in [-0.2, 0) is 0 Å². The third-order valence-corrected chi connectivity index (χ3v) is 4.62. The van der Waals surface area contributed by atoms with Gasteiger partial charge in [0, 0.05) is 5.54 Å². The molecule has 0 atom stereocenters. The van der Waals surface area contributed by atoms with E-state index in [9.17, 15) is 0 Å². The zero-order valence-electron chi connectivity index (χ0n) is 8.33. The van der Waals surface area contributed by atoms with Crippen molar-refractivity contribution in [3.63, 3.8) is 0 Å². The zero-order valence-corrected chi connectivity index (χ0v) is 10.0. The van der Waals surface area contributed by atoms with Crippen LogP contribution >= 0.6 is 24.8 Å². The lowest BCUT2D eigenvalue weighted by molar-refractivity contribution is -0.00932. The summed E-state index contributed by atoms with van der Waals surface area (Å²) in [7, 11) is 0.